The predicted octanol–water partition coefficient (Wildman–Crippen LogP) is 10.5. The first-order valence-electron chi connectivity index (χ1n) is 11.3. The monoisotopic (exact) mass is 936 g/mol. The van der Waals surface area contributed by atoms with Crippen molar-refractivity contribution in [1.82, 2.24) is 9.97 Å². The molecule has 0 saturated heterocycles. The zero-order valence-electron chi connectivity index (χ0n) is 23.8. The zero-order valence-corrected chi connectivity index (χ0v) is 29.0. The number of aromatic nitrogens is 4. The van der Waals surface area contributed by atoms with E-state index in [1.54, 1.807) is 0 Å². The van der Waals surface area contributed by atoms with Crippen molar-refractivity contribution in [2.45, 2.75) is 0 Å². The topological polar surface area (TPSA) is 93.2 Å². The number of pyridine rings is 4. The Labute approximate surface area is 279 Å². The Balaban J connectivity index is -0.000000764. The number of hydrogen-bond acceptors (Lipinski definition) is 2. The summed E-state index contributed by atoms with van der Waals surface area (Å²) in [6, 6.07) is 16.7. The third-order valence-electron chi connectivity index (χ3n) is 4.41. The molecule has 4 aromatic rings. The van der Waals surface area contributed by atoms with Gasteiger partial charge < -0.3 is 0 Å². The Morgan fingerprint density at radius 3 is 0.917 bits per heavy atom. The first kappa shape index (κ1) is 49.2. The summed E-state index contributed by atoms with van der Waals surface area (Å²) in [5.74, 6) is 0. The fourth-order valence-electron chi connectivity index (χ4n) is 2.89. The molecule has 0 aromatic carbocycles. The summed E-state index contributed by atoms with van der Waals surface area (Å²) >= 11 is 1.19. The van der Waals surface area contributed by atoms with E-state index >= 15 is 0 Å². The Morgan fingerprint density at radius 1 is 0.500 bits per heavy atom. The van der Waals surface area contributed by atoms with Crippen LogP contribution >= 0.6 is 25.1 Å². The van der Waals surface area contributed by atoms with Gasteiger partial charge in [0.05, 0.1) is 11.4 Å². The van der Waals surface area contributed by atoms with Crippen LogP contribution in [0.1, 0.15) is 0 Å². The molecule has 4 aromatic heterocycles. The van der Waals surface area contributed by atoms with Gasteiger partial charge in [0.1, 0.15) is 14.1 Å². The van der Waals surface area contributed by atoms with Crippen LogP contribution < -0.4 is 9.13 Å². The molecular weight excluding hydrogens is 916 g/mol. The van der Waals surface area contributed by atoms with Crippen LogP contribution in [-0.4, -0.2) is 9.97 Å². The zero-order chi connectivity index (χ0) is 38.7. The molecule has 0 saturated carbocycles. The second-order valence-electron chi connectivity index (χ2n) is 8.28. The van der Waals surface area contributed by atoms with E-state index in [0.717, 1.165) is 22.5 Å². The summed E-state index contributed by atoms with van der Waals surface area (Å²) in [5, 5.41) is 0. The van der Waals surface area contributed by atoms with Crippen LogP contribution in [0.15, 0.2) is 85.7 Å². The molecule has 0 unspecified atom stereocenters. The fourth-order valence-corrected chi connectivity index (χ4v) is 2.89. The van der Waals surface area contributed by atoms with Gasteiger partial charge in [-0.05, 0) is 46.5 Å². The summed E-state index contributed by atoms with van der Waals surface area (Å²) in [4.78, 5) is 9.06. The average molecular weight is 936 g/mol. The second-order valence-corrected chi connectivity index (χ2v) is 12.1. The van der Waals surface area contributed by atoms with Crippen LogP contribution in [0.3, 0.4) is 0 Å². The number of hydrogen-bond donors (Lipinski definition) is 0. The first-order valence-corrected chi connectivity index (χ1v) is 18.7. The van der Waals surface area contributed by atoms with Gasteiger partial charge in [0.2, 0.25) is 0 Å². The normalized spacial score (nSPS) is 12.8. The molecule has 0 aliphatic heterocycles. The van der Waals surface area contributed by atoms with Crippen LogP contribution in [-0.2, 0) is 46.2 Å². The van der Waals surface area contributed by atoms with Crippen molar-refractivity contribution in [3.05, 3.63) is 106 Å². The second kappa shape index (κ2) is 18.0. The van der Waals surface area contributed by atoms with Crippen molar-refractivity contribution in [2.24, 2.45) is 14.1 Å². The van der Waals surface area contributed by atoms with Crippen LogP contribution in [0.5, 0.6) is 0 Å². The molecule has 48 heavy (non-hydrogen) atoms. The van der Waals surface area contributed by atoms with Gasteiger partial charge in [-0.1, -0.05) is 0 Å². The summed E-state index contributed by atoms with van der Waals surface area (Å²) in [5.41, 5.74) is 6.35. The van der Waals surface area contributed by atoms with Gasteiger partial charge in [0.25, 0.3) is 0 Å². The molecule has 0 aliphatic rings. The molecule has 23 heteroatoms. The minimum absolute atomic E-state index is 0.874. The molecule has 7 nitrogen and oxygen atoms in total. The number of rotatable bonds is 3. The Hall–Kier alpha value is -3.21. The average Bonchev–Trinajstić information content (AvgIpc) is 2.99. The predicted molar refractivity (Wildman–Crippen MR) is 145 cm³/mol. The van der Waals surface area contributed by atoms with E-state index in [1.165, 1.54) is 29.3 Å². The van der Waals surface area contributed by atoms with Crippen LogP contribution in [0.4, 0.5) is 50.4 Å². The Kier molecular flexibility index (Phi) is 18.4. The van der Waals surface area contributed by atoms with Crippen molar-refractivity contribution in [3.63, 3.8) is 0 Å². The number of halogens is 13. The van der Waals surface area contributed by atoms with E-state index in [4.69, 9.17) is 23.5 Å². The van der Waals surface area contributed by atoms with Crippen molar-refractivity contribution in [3.8, 4) is 33.6 Å². The van der Waals surface area contributed by atoms with E-state index in [-0.39, 0.29) is 0 Å². The van der Waals surface area contributed by atoms with Gasteiger partial charge in [0, 0.05) is 36.7 Å². The van der Waals surface area contributed by atoms with Crippen LogP contribution in [0.2, 0.25) is 0 Å². The quantitative estimate of drug-likeness (QED) is 0.0673. The molecule has 4 heterocycles. The van der Waals surface area contributed by atoms with Crippen molar-refractivity contribution < 1.29 is 91.6 Å². The molecule has 0 atom stereocenters. The van der Waals surface area contributed by atoms with Crippen molar-refractivity contribution in [1.29, 1.82) is 0 Å². The first-order chi connectivity index (χ1) is 21.6. The number of nitrogens with zero attached hydrogens (tertiary/aromatic N) is 4. The molecule has 0 aliphatic carbocycles. The van der Waals surface area contributed by atoms with Gasteiger partial charge >= 0.3 is 128 Å². The SMILES string of the molecule is C[n+]1ccc(-c2ccnc(-c3cc(-c4cc[n+](C)cc4)ccn3)c2)cc1.F[P-](F)(F)(F)(F)F.F[P-](F)(F)(F)(F)F.[C-]#[O+].[C-]#[O+].[C-]#[O+].[Cl][Re]. The standard InChI is InChI=1S/C22H20N4.3CO.ClH.2F6P.Re/c1-25-11-5-17(6-12-25)19-3-9-23-21(15-19)22-16-20(4-10-24-22)18-7-13-26(2)14-8-18;3*1-2;;2*1-7(2,3,4,5)6;/h3-16H,1-2H3;;;;1H;;;/q+2;;;;;2*-1;+1/p-1. The molecule has 0 amide bonds. The summed E-state index contributed by atoms with van der Waals surface area (Å²) in [7, 11) is -12.6. The van der Waals surface area contributed by atoms with Gasteiger partial charge in [-0.15, -0.1) is 0 Å². The Bertz CT molecular complexity index is 1490. The molecule has 266 valence electrons. The molecule has 0 N–H and O–H groups in total. The van der Waals surface area contributed by atoms with Gasteiger partial charge in [-0.3, -0.25) is 9.97 Å². The minimum atomic E-state index is -10.7. The van der Waals surface area contributed by atoms with Crippen LogP contribution in [0, 0.1) is 20.0 Å². The van der Waals surface area contributed by atoms with Crippen molar-refractivity contribution >= 4 is 25.1 Å². The summed E-state index contributed by atoms with van der Waals surface area (Å²) in [6.45, 7) is 13.5. The molecule has 4 rings (SSSR count). The molecule has 0 bridgehead atoms. The van der Waals surface area contributed by atoms with Gasteiger partial charge in [0.15, 0.2) is 24.8 Å². The summed E-state index contributed by atoms with van der Waals surface area (Å²) < 4.78 is 145. The van der Waals surface area contributed by atoms with E-state index in [2.05, 4.69) is 66.3 Å². The Morgan fingerprint density at radius 2 is 0.708 bits per heavy atom. The van der Waals surface area contributed by atoms with E-state index in [0.29, 0.717) is 0 Å². The molecule has 0 spiro atoms. The third-order valence-corrected chi connectivity index (χ3v) is 4.41. The van der Waals surface area contributed by atoms with Crippen LogP contribution in [0.25, 0.3) is 33.6 Å². The molecule has 0 fully saturated rings. The summed E-state index contributed by atoms with van der Waals surface area (Å²) in [6.07, 6.45) is 11.9. The maximum absolute atomic E-state index is 10.7. The van der Waals surface area contributed by atoms with E-state index in [1.807, 2.05) is 72.5 Å². The van der Waals surface area contributed by atoms with Gasteiger partial charge in [-0.25, -0.2) is 9.13 Å². The molecular formula is C25H20ClF12N4O3P2Re. The van der Waals surface area contributed by atoms with E-state index < -0.39 is 15.6 Å². The van der Waals surface area contributed by atoms with Gasteiger partial charge in [-0.2, -0.15) is 0 Å². The maximum atomic E-state index is 9.87. The van der Waals surface area contributed by atoms with Crippen molar-refractivity contribution in [2.75, 3.05) is 0 Å². The third kappa shape index (κ3) is 31.4. The fraction of sp³-hybridized carbons (Fsp3) is 0.0800. The van der Waals surface area contributed by atoms with E-state index in [9.17, 15) is 50.4 Å². The molecule has 0 radical (unpaired) electrons. The number of aryl methyl sites for hydroxylation is 2.